The molecule has 2 rings (SSSR count). The normalized spacial score (nSPS) is 17.9. The molecule has 1 aliphatic carbocycles. The van der Waals surface area contributed by atoms with Crippen molar-refractivity contribution < 1.29 is 8.42 Å². The lowest BCUT2D eigenvalue weighted by Gasteiger charge is -2.27. The van der Waals surface area contributed by atoms with E-state index >= 15 is 0 Å². The topological polar surface area (TPSA) is 49.4 Å². The molecule has 1 aromatic rings. The van der Waals surface area contributed by atoms with Crippen molar-refractivity contribution in [1.29, 1.82) is 0 Å². The molecule has 0 bridgehead atoms. The van der Waals surface area contributed by atoms with Crippen molar-refractivity contribution in [2.45, 2.75) is 56.0 Å². The molecule has 0 amide bonds. The van der Waals surface area contributed by atoms with Gasteiger partial charge in [0, 0.05) is 19.6 Å². The molecule has 118 valence electrons. The molecule has 5 heteroatoms. The highest BCUT2D eigenvalue weighted by atomic mass is 32.2. The van der Waals surface area contributed by atoms with Crippen LogP contribution in [0.25, 0.3) is 0 Å². The Labute approximate surface area is 128 Å². The Hall–Kier alpha value is -0.910. The Morgan fingerprint density at radius 1 is 1.14 bits per heavy atom. The minimum Gasteiger partial charge on any atom is -0.316 e. The van der Waals surface area contributed by atoms with Crippen molar-refractivity contribution in [2.75, 3.05) is 14.1 Å². The van der Waals surface area contributed by atoms with E-state index in [0.717, 1.165) is 31.2 Å². The first kappa shape index (κ1) is 16.5. The number of sulfonamides is 1. The second kappa shape index (κ2) is 7.38. The van der Waals surface area contributed by atoms with Crippen LogP contribution in [0.3, 0.4) is 0 Å². The first-order chi connectivity index (χ1) is 10.1. The molecule has 4 nitrogen and oxygen atoms in total. The van der Waals surface area contributed by atoms with Crippen molar-refractivity contribution in [3.8, 4) is 0 Å². The Kier molecular flexibility index (Phi) is 5.79. The molecule has 1 aliphatic rings. The second-order valence-corrected chi connectivity index (χ2v) is 7.77. The highest BCUT2D eigenvalue weighted by Gasteiger charge is 2.29. The van der Waals surface area contributed by atoms with Gasteiger partial charge in [-0.1, -0.05) is 43.9 Å². The van der Waals surface area contributed by atoms with Gasteiger partial charge >= 0.3 is 0 Å². The molecule has 1 fully saturated rings. The monoisotopic (exact) mass is 310 g/mol. The van der Waals surface area contributed by atoms with Crippen LogP contribution in [0.15, 0.2) is 29.2 Å². The zero-order valence-corrected chi connectivity index (χ0v) is 13.8. The number of hydrogen-bond donors (Lipinski definition) is 1. The fraction of sp³-hybridized carbons (Fsp3) is 0.625. The summed E-state index contributed by atoms with van der Waals surface area (Å²) < 4.78 is 27.5. The lowest BCUT2D eigenvalue weighted by molar-refractivity contribution is 0.335. The zero-order valence-electron chi connectivity index (χ0n) is 13.0. The minimum atomic E-state index is -3.41. The first-order valence-corrected chi connectivity index (χ1v) is 9.22. The van der Waals surface area contributed by atoms with Crippen LogP contribution in [0.5, 0.6) is 0 Å². The van der Waals surface area contributed by atoms with Crippen molar-refractivity contribution in [3.63, 3.8) is 0 Å². The molecule has 0 heterocycles. The summed E-state index contributed by atoms with van der Waals surface area (Å²) in [5.74, 6) is 0. The Morgan fingerprint density at radius 3 is 2.38 bits per heavy atom. The van der Waals surface area contributed by atoms with Gasteiger partial charge in [-0.25, -0.2) is 8.42 Å². The van der Waals surface area contributed by atoms with E-state index in [0.29, 0.717) is 11.4 Å². The third-order valence-electron chi connectivity index (χ3n) is 4.34. The molecule has 1 saturated carbocycles. The summed E-state index contributed by atoms with van der Waals surface area (Å²) in [6, 6.07) is 7.42. The van der Waals surface area contributed by atoms with Crippen molar-refractivity contribution in [2.24, 2.45) is 0 Å². The summed E-state index contributed by atoms with van der Waals surface area (Å²) in [5.41, 5.74) is 0.834. The van der Waals surface area contributed by atoms with Gasteiger partial charge in [-0.15, -0.1) is 0 Å². The molecule has 0 aliphatic heterocycles. The fourth-order valence-electron chi connectivity index (χ4n) is 3.06. The lowest BCUT2D eigenvalue weighted by Crippen LogP contribution is -2.37. The zero-order chi connectivity index (χ0) is 15.3. The number of benzene rings is 1. The first-order valence-electron chi connectivity index (χ1n) is 7.78. The predicted molar refractivity (Wildman–Crippen MR) is 85.6 cm³/mol. The quantitative estimate of drug-likeness (QED) is 0.851. The van der Waals surface area contributed by atoms with E-state index < -0.39 is 10.0 Å². The van der Waals surface area contributed by atoms with E-state index in [9.17, 15) is 8.42 Å². The van der Waals surface area contributed by atoms with Crippen molar-refractivity contribution in [1.82, 2.24) is 9.62 Å². The molecule has 0 saturated heterocycles. The van der Waals surface area contributed by atoms with Crippen LogP contribution >= 0.6 is 0 Å². The van der Waals surface area contributed by atoms with E-state index in [1.54, 1.807) is 23.5 Å². The summed E-state index contributed by atoms with van der Waals surface area (Å²) in [7, 11) is 0.155. The van der Waals surface area contributed by atoms with Crippen LogP contribution < -0.4 is 5.32 Å². The van der Waals surface area contributed by atoms with Crippen LogP contribution in [0, 0.1) is 0 Å². The molecule has 1 N–H and O–H groups in total. The molecule has 0 radical (unpaired) electrons. The largest absolute Gasteiger partial charge is 0.316 e. The molecule has 21 heavy (non-hydrogen) atoms. The van der Waals surface area contributed by atoms with E-state index in [2.05, 4.69) is 5.32 Å². The highest BCUT2D eigenvalue weighted by molar-refractivity contribution is 7.89. The maximum Gasteiger partial charge on any atom is 0.243 e. The molecule has 1 aromatic carbocycles. The maximum absolute atomic E-state index is 12.9. The number of rotatable bonds is 5. The lowest BCUT2D eigenvalue weighted by atomic mass is 10.1. The number of nitrogens with one attached hydrogen (secondary N) is 1. The van der Waals surface area contributed by atoms with Crippen LogP contribution in [-0.2, 0) is 16.6 Å². The van der Waals surface area contributed by atoms with Gasteiger partial charge in [-0.3, -0.25) is 0 Å². The Morgan fingerprint density at radius 2 is 1.76 bits per heavy atom. The third-order valence-corrected chi connectivity index (χ3v) is 6.35. The molecule has 0 spiro atoms. The molecule has 0 aromatic heterocycles. The third kappa shape index (κ3) is 3.84. The van der Waals surface area contributed by atoms with Gasteiger partial charge in [0.05, 0.1) is 4.90 Å². The molecule has 0 unspecified atom stereocenters. The SMILES string of the molecule is CNCc1ccccc1S(=O)(=O)N(C)C1CCCCCC1. The van der Waals surface area contributed by atoms with E-state index in [-0.39, 0.29) is 6.04 Å². The summed E-state index contributed by atoms with van der Waals surface area (Å²) in [4.78, 5) is 0.436. The Balaban J connectivity index is 2.28. The number of hydrogen-bond acceptors (Lipinski definition) is 3. The summed E-state index contributed by atoms with van der Waals surface area (Å²) in [5, 5.41) is 3.04. The number of nitrogens with zero attached hydrogens (tertiary/aromatic N) is 1. The van der Waals surface area contributed by atoms with Crippen molar-refractivity contribution >= 4 is 10.0 Å². The van der Waals surface area contributed by atoms with Gasteiger partial charge in [0.2, 0.25) is 10.0 Å². The van der Waals surface area contributed by atoms with Gasteiger partial charge in [-0.05, 0) is 31.5 Å². The van der Waals surface area contributed by atoms with Gasteiger partial charge in [0.15, 0.2) is 0 Å². The highest BCUT2D eigenvalue weighted by Crippen LogP contribution is 2.27. The molecule has 0 atom stereocenters. The van der Waals surface area contributed by atoms with Crippen LogP contribution in [-0.4, -0.2) is 32.9 Å². The average Bonchev–Trinajstić information content (AvgIpc) is 2.76. The van der Waals surface area contributed by atoms with E-state index in [1.165, 1.54) is 12.8 Å². The fourth-order valence-corrected chi connectivity index (χ4v) is 4.70. The summed E-state index contributed by atoms with van der Waals surface area (Å²) in [6.45, 7) is 0.563. The van der Waals surface area contributed by atoms with Gasteiger partial charge < -0.3 is 5.32 Å². The van der Waals surface area contributed by atoms with Gasteiger partial charge in [-0.2, -0.15) is 4.31 Å². The van der Waals surface area contributed by atoms with Crippen molar-refractivity contribution in [3.05, 3.63) is 29.8 Å². The predicted octanol–water partition coefficient (Wildman–Crippen LogP) is 2.75. The second-order valence-electron chi connectivity index (χ2n) is 5.80. The maximum atomic E-state index is 12.9. The standard InChI is InChI=1S/C16H26N2O2S/c1-17-13-14-9-7-8-12-16(14)21(19,20)18(2)15-10-5-3-4-6-11-15/h7-9,12,15,17H,3-6,10-11,13H2,1-2H3. The van der Waals surface area contributed by atoms with E-state index in [1.807, 2.05) is 19.2 Å². The average molecular weight is 310 g/mol. The van der Waals surface area contributed by atoms with Gasteiger partial charge in [0.1, 0.15) is 0 Å². The Bertz CT molecular complexity index is 549. The van der Waals surface area contributed by atoms with Crippen LogP contribution in [0.2, 0.25) is 0 Å². The smallest absolute Gasteiger partial charge is 0.243 e. The van der Waals surface area contributed by atoms with E-state index in [4.69, 9.17) is 0 Å². The summed E-state index contributed by atoms with van der Waals surface area (Å²) in [6.07, 6.45) is 6.65. The van der Waals surface area contributed by atoms with Crippen LogP contribution in [0.1, 0.15) is 44.1 Å². The minimum absolute atomic E-state index is 0.139. The molecular formula is C16H26N2O2S. The van der Waals surface area contributed by atoms with Crippen LogP contribution in [0.4, 0.5) is 0 Å². The van der Waals surface area contributed by atoms with Gasteiger partial charge in [0.25, 0.3) is 0 Å². The summed E-state index contributed by atoms with van der Waals surface area (Å²) >= 11 is 0. The molecular weight excluding hydrogens is 284 g/mol.